The first kappa shape index (κ1) is 16.2. The van der Waals surface area contributed by atoms with E-state index in [-0.39, 0.29) is 5.56 Å². The maximum absolute atomic E-state index is 12.3. The summed E-state index contributed by atoms with van der Waals surface area (Å²) in [5, 5.41) is 1.74. The zero-order valence-corrected chi connectivity index (χ0v) is 15.7. The van der Waals surface area contributed by atoms with Gasteiger partial charge in [0.15, 0.2) is 0 Å². The van der Waals surface area contributed by atoms with E-state index in [9.17, 15) is 4.79 Å². The first-order valence-corrected chi connectivity index (χ1v) is 9.71. The molecule has 1 saturated heterocycles. The molecule has 0 amide bonds. The monoisotopic (exact) mass is 378 g/mol. The van der Waals surface area contributed by atoms with Crippen molar-refractivity contribution in [3.8, 4) is 0 Å². The van der Waals surface area contributed by atoms with Gasteiger partial charge in [-0.2, -0.15) is 0 Å². The fraction of sp³-hybridized carbons (Fsp3) is 0.263. The summed E-state index contributed by atoms with van der Waals surface area (Å²) < 4.78 is 0. The second-order valence-corrected chi connectivity index (χ2v) is 7.89. The molecule has 0 spiro atoms. The van der Waals surface area contributed by atoms with Crippen LogP contribution in [0, 0.1) is 6.92 Å². The summed E-state index contributed by atoms with van der Waals surface area (Å²) in [7, 11) is 0. The van der Waals surface area contributed by atoms with Gasteiger partial charge in [0.05, 0.1) is 16.3 Å². The SMILES string of the molecule is Cc1cc2c(N3CCN(c4nc5ccccc5c(=O)[nH]4)CC3)ncnc2s1. The van der Waals surface area contributed by atoms with E-state index >= 15 is 0 Å². The van der Waals surface area contributed by atoms with Crippen LogP contribution >= 0.6 is 11.3 Å². The van der Waals surface area contributed by atoms with Crippen molar-refractivity contribution in [3.05, 3.63) is 51.9 Å². The number of H-pyrrole nitrogens is 1. The van der Waals surface area contributed by atoms with Crippen LogP contribution in [0.5, 0.6) is 0 Å². The summed E-state index contributed by atoms with van der Waals surface area (Å²) in [6.45, 7) is 5.27. The van der Waals surface area contributed by atoms with Crippen LogP contribution in [0.2, 0.25) is 0 Å². The third-order valence-corrected chi connectivity index (χ3v) is 5.87. The number of rotatable bonds is 2. The zero-order valence-electron chi connectivity index (χ0n) is 14.8. The van der Waals surface area contributed by atoms with Crippen molar-refractivity contribution in [2.75, 3.05) is 36.0 Å². The van der Waals surface area contributed by atoms with E-state index in [1.807, 2.05) is 18.2 Å². The molecule has 4 aromatic rings. The minimum atomic E-state index is -0.0933. The number of piperazine rings is 1. The van der Waals surface area contributed by atoms with Gasteiger partial charge in [0.25, 0.3) is 5.56 Å². The van der Waals surface area contributed by atoms with Gasteiger partial charge in [-0.3, -0.25) is 9.78 Å². The normalized spacial score (nSPS) is 15.0. The number of nitrogens with zero attached hydrogens (tertiary/aromatic N) is 5. The van der Waals surface area contributed by atoms with Crippen molar-refractivity contribution in [1.82, 2.24) is 19.9 Å². The molecule has 0 atom stereocenters. The molecule has 1 N–H and O–H groups in total. The second kappa shape index (κ2) is 6.31. The Morgan fingerprint density at radius 3 is 2.67 bits per heavy atom. The summed E-state index contributed by atoms with van der Waals surface area (Å²) in [6, 6.07) is 9.59. The average Bonchev–Trinajstić information content (AvgIpc) is 3.08. The van der Waals surface area contributed by atoms with Crippen molar-refractivity contribution in [2.45, 2.75) is 6.92 Å². The minimum absolute atomic E-state index is 0.0933. The lowest BCUT2D eigenvalue weighted by molar-refractivity contribution is 0.636. The van der Waals surface area contributed by atoms with Crippen molar-refractivity contribution in [2.24, 2.45) is 0 Å². The molecule has 0 saturated carbocycles. The van der Waals surface area contributed by atoms with Crippen LogP contribution in [0.1, 0.15) is 4.88 Å². The number of thiophene rings is 1. The summed E-state index contributed by atoms with van der Waals surface area (Å²) in [5.41, 5.74) is 0.634. The fourth-order valence-electron chi connectivity index (χ4n) is 3.57. The molecule has 0 unspecified atom stereocenters. The number of hydrogen-bond acceptors (Lipinski definition) is 7. The molecule has 1 aromatic carbocycles. The van der Waals surface area contributed by atoms with Crippen LogP contribution < -0.4 is 15.4 Å². The largest absolute Gasteiger partial charge is 0.352 e. The first-order valence-electron chi connectivity index (χ1n) is 8.89. The Hall–Kier alpha value is -3.00. The highest BCUT2D eigenvalue weighted by Crippen LogP contribution is 2.30. The zero-order chi connectivity index (χ0) is 18.4. The van der Waals surface area contributed by atoms with Crippen LogP contribution in [-0.2, 0) is 0 Å². The summed E-state index contributed by atoms with van der Waals surface area (Å²) in [4.78, 5) is 35.5. The maximum atomic E-state index is 12.3. The number of fused-ring (bicyclic) bond motifs is 2. The van der Waals surface area contributed by atoms with Gasteiger partial charge >= 0.3 is 0 Å². The van der Waals surface area contributed by atoms with E-state index in [1.54, 1.807) is 23.7 Å². The van der Waals surface area contributed by atoms with Crippen LogP contribution in [0.4, 0.5) is 11.8 Å². The standard InChI is InChI=1S/C19H18N6OS/c1-12-10-14-16(20-11-21-18(14)27-12)24-6-8-25(9-7-24)19-22-15-5-3-2-4-13(15)17(26)23-19/h2-5,10-11H,6-9H2,1H3,(H,22,23,26). The molecule has 5 rings (SSSR count). The topological polar surface area (TPSA) is 78.0 Å². The molecule has 7 nitrogen and oxygen atoms in total. The second-order valence-electron chi connectivity index (χ2n) is 6.65. The first-order chi connectivity index (χ1) is 13.2. The molecule has 0 bridgehead atoms. The van der Waals surface area contributed by atoms with Gasteiger partial charge in [0, 0.05) is 31.1 Å². The highest BCUT2D eigenvalue weighted by Gasteiger charge is 2.22. The quantitative estimate of drug-likeness (QED) is 0.578. The van der Waals surface area contributed by atoms with Crippen molar-refractivity contribution in [3.63, 3.8) is 0 Å². The van der Waals surface area contributed by atoms with Gasteiger partial charge in [-0.1, -0.05) is 12.1 Å². The molecule has 4 heterocycles. The number of aromatic nitrogens is 4. The molecule has 3 aromatic heterocycles. The number of anilines is 2. The Kier molecular flexibility index (Phi) is 3.78. The molecular weight excluding hydrogens is 360 g/mol. The van der Waals surface area contributed by atoms with E-state index in [1.165, 1.54) is 4.88 Å². The van der Waals surface area contributed by atoms with E-state index in [2.05, 4.69) is 42.7 Å². The van der Waals surface area contributed by atoms with E-state index in [4.69, 9.17) is 0 Å². The number of para-hydroxylation sites is 1. The Morgan fingerprint density at radius 1 is 1.04 bits per heavy atom. The van der Waals surface area contributed by atoms with Crippen LogP contribution in [0.15, 0.2) is 41.5 Å². The smallest absolute Gasteiger partial charge is 0.260 e. The van der Waals surface area contributed by atoms with Gasteiger partial charge in [-0.15, -0.1) is 11.3 Å². The molecule has 0 radical (unpaired) electrons. The van der Waals surface area contributed by atoms with Gasteiger partial charge in [-0.25, -0.2) is 15.0 Å². The maximum Gasteiger partial charge on any atom is 0.260 e. The summed E-state index contributed by atoms with van der Waals surface area (Å²) in [5.74, 6) is 1.63. The highest BCUT2D eigenvalue weighted by atomic mass is 32.1. The van der Waals surface area contributed by atoms with Crippen LogP contribution in [0.25, 0.3) is 21.1 Å². The Morgan fingerprint density at radius 2 is 1.81 bits per heavy atom. The van der Waals surface area contributed by atoms with Crippen molar-refractivity contribution in [1.29, 1.82) is 0 Å². The van der Waals surface area contributed by atoms with Gasteiger partial charge < -0.3 is 9.80 Å². The predicted molar refractivity (Wildman–Crippen MR) is 109 cm³/mol. The van der Waals surface area contributed by atoms with Crippen LogP contribution in [0.3, 0.4) is 0 Å². The number of aryl methyl sites for hydroxylation is 1. The predicted octanol–water partition coefficient (Wildman–Crippen LogP) is 2.56. The Balaban J connectivity index is 1.41. The van der Waals surface area contributed by atoms with Crippen molar-refractivity contribution < 1.29 is 0 Å². The van der Waals surface area contributed by atoms with Gasteiger partial charge in [0.1, 0.15) is 17.0 Å². The number of benzene rings is 1. The number of nitrogens with one attached hydrogen (secondary N) is 1. The van der Waals surface area contributed by atoms with E-state index < -0.39 is 0 Å². The Bertz CT molecular complexity index is 1190. The molecule has 8 heteroatoms. The summed E-state index contributed by atoms with van der Waals surface area (Å²) in [6.07, 6.45) is 1.64. The third-order valence-electron chi connectivity index (χ3n) is 4.91. The Labute approximate surface area is 159 Å². The van der Waals surface area contributed by atoms with E-state index in [0.29, 0.717) is 11.3 Å². The number of hydrogen-bond donors (Lipinski definition) is 1. The molecule has 27 heavy (non-hydrogen) atoms. The molecular formula is C19H18N6OS. The van der Waals surface area contributed by atoms with Crippen molar-refractivity contribution >= 4 is 44.2 Å². The lowest BCUT2D eigenvalue weighted by atomic mass is 10.2. The molecule has 1 fully saturated rings. The average molecular weight is 378 g/mol. The van der Waals surface area contributed by atoms with E-state index in [0.717, 1.165) is 47.7 Å². The highest BCUT2D eigenvalue weighted by molar-refractivity contribution is 7.18. The summed E-state index contributed by atoms with van der Waals surface area (Å²) >= 11 is 1.69. The molecule has 1 aliphatic rings. The lowest BCUT2D eigenvalue weighted by Gasteiger charge is -2.35. The third kappa shape index (κ3) is 2.82. The molecule has 0 aliphatic carbocycles. The van der Waals surface area contributed by atoms with Crippen LogP contribution in [-0.4, -0.2) is 46.1 Å². The minimum Gasteiger partial charge on any atom is -0.352 e. The lowest BCUT2D eigenvalue weighted by Crippen LogP contribution is -2.47. The molecule has 136 valence electrons. The van der Waals surface area contributed by atoms with Gasteiger partial charge in [-0.05, 0) is 25.1 Å². The molecule has 1 aliphatic heterocycles. The van der Waals surface area contributed by atoms with Gasteiger partial charge in [0.2, 0.25) is 5.95 Å². The fourth-order valence-corrected chi connectivity index (χ4v) is 4.41. The number of aromatic amines is 1.